The van der Waals surface area contributed by atoms with Gasteiger partial charge in [-0.25, -0.2) is 0 Å². The van der Waals surface area contributed by atoms with Crippen LogP contribution in [0, 0.1) is 20.8 Å². The third kappa shape index (κ3) is 5.54. The monoisotopic (exact) mass is 449 g/mol. The van der Waals surface area contributed by atoms with Crippen molar-refractivity contribution < 1.29 is 18.8 Å². The highest BCUT2D eigenvalue weighted by Crippen LogP contribution is 2.22. The lowest BCUT2D eigenvalue weighted by molar-refractivity contribution is 0.0616. The molecule has 0 radical (unpaired) electrons. The molecule has 2 aromatic carbocycles. The average Bonchev–Trinajstić information content (AvgIpc) is 3.17. The molecule has 4 rings (SSSR count). The number of aromatic nitrogens is 1. The second-order valence-corrected chi connectivity index (χ2v) is 8.60. The minimum absolute atomic E-state index is 0.105. The van der Waals surface area contributed by atoms with Crippen molar-refractivity contribution in [3.05, 3.63) is 76.2 Å². The third-order valence-electron chi connectivity index (χ3n) is 5.97. The molecule has 7 nitrogen and oxygen atoms in total. The quantitative estimate of drug-likeness (QED) is 0.540. The number of hydrogen-bond acceptors (Lipinski definition) is 6. The van der Waals surface area contributed by atoms with Crippen LogP contribution in [0.25, 0.3) is 0 Å². The van der Waals surface area contributed by atoms with Crippen molar-refractivity contribution in [1.82, 2.24) is 15.0 Å². The molecule has 0 N–H and O–H groups in total. The lowest BCUT2D eigenvalue weighted by Crippen LogP contribution is -2.48. The molecule has 0 bridgehead atoms. The summed E-state index contributed by atoms with van der Waals surface area (Å²) in [6.07, 6.45) is 0. The Labute approximate surface area is 194 Å². The SMILES string of the molecule is COc1cccc(CN2CCN(C(=O)c3noc(C)c3COc3cc(C)cc(C)c3)CC2)c1. The van der Waals surface area contributed by atoms with Gasteiger partial charge in [-0.05, 0) is 61.7 Å². The molecule has 0 aliphatic carbocycles. The number of amides is 1. The number of rotatable bonds is 7. The topological polar surface area (TPSA) is 68.0 Å². The summed E-state index contributed by atoms with van der Waals surface area (Å²) in [4.78, 5) is 17.4. The van der Waals surface area contributed by atoms with Gasteiger partial charge < -0.3 is 18.9 Å². The van der Waals surface area contributed by atoms with Gasteiger partial charge in [0.05, 0.1) is 12.7 Å². The highest BCUT2D eigenvalue weighted by Gasteiger charge is 2.28. The fourth-order valence-electron chi connectivity index (χ4n) is 4.19. The van der Waals surface area contributed by atoms with Crippen LogP contribution in [0.5, 0.6) is 11.5 Å². The van der Waals surface area contributed by atoms with E-state index in [-0.39, 0.29) is 12.5 Å². The molecular weight excluding hydrogens is 418 g/mol. The summed E-state index contributed by atoms with van der Waals surface area (Å²) < 4.78 is 16.7. The van der Waals surface area contributed by atoms with Crippen molar-refractivity contribution in [1.29, 1.82) is 0 Å². The van der Waals surface area contributed by atoms with Gasteiger partial charge in [0.15, 0.2) is 5.69 Å². The van der Waals surface area contributed by atoms with E-state index in [2.05, 4.69) is 28.3 Å². The second kappa shape index (κ2) is 10.1. The van der Waals surface area contributed by atoms with Crippen molar-refractivity contribution in [2.45, 2.75) is 33.9 Å². The summed E-state index contributed by atoms with van der Waals surface area (Å²) in [5.41, 5.74) is 4.52. The number of hydrogen-bond donors (Lipinski definition) is 0. The van der Waals surface area contributed by atoms with E-state index < -0.39 is 0 Å². The lowest BCUT2D eigenvalue weighted by atomic mass is 10.1. The third-order valence-corrected chi connectivity index (χ3v) is 5.97. The van der Waals surface area contributed by atoms with Gasteiger partial charge in [-0.3, -0.25) is 9.69 Å². The van der Waals surface area contributed by atoms with Crippen LogP contribution in [0.15, 0.2) is 47.0 Å². The number of benzene rings is 2. The number of methoxy groups -OCH3 is 1. The van der Waals surface area contributed by atoms with Crippen molar-refractivity contribution in [3.63, 3.8) is 0 Å². The number of nitrogens with zero attached hydrogens (tertiary/aromatic N) is 3. The van der Waals surface area contributed by atoms with Gasteiger partial charge in [-0.1, -0.05) is 23.4 Å². The number of aryl methyl sites for hydroxylation is 3. The summed E-state index contributed by atoms with van der Waals surface area (Å²) in [5.74, 6) is 2.14. The Bertz CT molecular complexity index is 1100. The predicted molar refractivity (Wildman–Crippen MR) is 126 cm³/mol. The molecule has 0 saturated carbocycles. The Morgan fingerprint density at radius 1 is 1.00 bits per heavy atom. The summed E-state index contributed by atoms with van der Waals surface area (Å²) in [6, 6.07) is 14.2. The summed E-state index contributed by atoms with van der Waals surface area (Å²) >= 11 is 0. The molecule has 1 saturated heterocycles. The van der Waals surface area contributed by atoms with Gasteiger partial charge in [0.2, 0.25) is 0 Å². The molecule has 0 unspecified atom stereocenters. The van der Waals surface area contributed by atoms with E-state index in [1.807, 2.05) is 49.9 Å². The van der Waals surface area contributed by atoms with Crippen molar-refractivity contribution >= 4 is 5.91 Å². The highest BCUT2D eigenvalue weighted by atomic mass is 16.5. The van der Waals surface area contributed by atoms with E-state index in [1.54, 1.807) is 7.11 Å². The molecule has 1 amide bonds. The Morgan fingerprint density at radius 2 is 1.73 bits per heavy atom. The van der Waals surface area contributed by atoms with E-state index in [9.17, 15) is 4.79 Å². The Hall–Kier alpha value is -3.32. The first-order valence-corrected chi connectivity index (χ1v) is 11.2. The molecule has 174 valence electrons. The van der Waals surface area contributed by atoms with Crippen LogP contribution in [0.4, 0.5) is 0 Å². The number of piperazine rings is 1. The highest BCUT2D eigenvalue weighted by molar-refractivity contribution is 5.93. The van der Waals surface area contributed by atoms with Crippen LogP contribution in [0.2, 0.25) is 0 Å². The largest absolute Gasteiger partial charge is 0.497 e. The van der Waals surface area contributed by atoms with E-state index in [0.29, 0.717) is 30.1 Å². The average molecular weight is 450 g/mol. The Morgan fingerprint density at radius 3 is 2.42 bits per heavy atom. The summed E-state index contributed by atoms with van der Waals surface area (Å²) in [6.45, 7) is 9.85. The van der Waals surface area contributed by atoms with Crippen LogP contribution in [0.1, 0.15) is 38.5 Å². The zero-order chi connectivity index (χ0) is 23.4. The first kappa shape index (κ1) is 22.9. The van der Waals surface area contributed by atoms with Crippen molar-refractivity contribution in [2.24, 2.45) is 0 Å². The van der Waals surface area contributed by atoms with Crippen molar-refractivity contribution in [3.8, 4) is 11.5 Å². The normalized spacial score (nSPS) is 14.4. The number of ether oxygens (including phenoxy) is 2. The van der Waals surface area contributed by atoms with E-state index in [4.69, 9.17) is 14.0 Å². The van der Waals surface area contributed by atoms with Crippen LogP contribution in [-0.4, -0.2) is 54.2 Å². The molecule has 3 aromatic rings. The lowest BCUT2D eigenvalue weighted by Gasteiger charge is -2.34. The number of carbonyl (C=O) groups is 1. The summed E-state index contributed by atoms with van der Waals surface area (Å²) in [5, 5.41) is 4.07. The van der Waals surface area contributed by atoms with Gasteiger partial charge in [0.1, 0.15) is 23.9 Å². The maximum absolute atomic E-state index is 13.2. The van der Waals surface area contributed by atoms with Crippen LogP contribution in [-0.2, 0) is 13.2 Å². The molecule has 1 aliphatic rings. The fraction of sp³-hybridized carbons (Fsp3) is 0.385. The minimum Gasteiger partial charge on any atom is -0.497 e. The molecule has 1 aliphatic heterocycles. The first-order valence-electron chi connectivity index (χ1n) is 11.2. The van der Waals surface area contributed by atoms with Gasteiger partial charge in [0.25, 0.3) is 5.91 Å². The van der Waals surface area contributed by atoms with E-state index in [0.717, 1.165) is 42.3 Å². The van der Waals surface area contributed by atoms with Crippen LogP contribution in [0.3, 0.4) is 0 Å². The second-order valence-electron chi connectivity index (χ2n) is 8.60. The molecule has 1 aromatic heterocycles. The maximum atomic E-state index is 13.2. The van der Waals surface area contributed by atoms with E-state index in [1.165, 1.54) is 5.56 Å². The van der Waals surface area contributed by atoms with Gasteiger partial charge in [0, 0.05) is 32.7 Å². The van der Waals surface area contributed by atoms with Gasteiger partial charge >= 0.3 is 0 Å². The fourth-order valence-corrected chi connectivity index (χ4v) is 4.19. The Kier molecular flexibility index (Phi) is 6.99. The summed E-state index contributed by atoms with van der Waals surface area (Å²) in [7, 11) is 1.68. The van der Waals surface area contributed by atoms with Crippen LogP contribution >= 0.6 is 0 Å². The minimum atomic E-state index is -0.105. The van der Waals surface area contributed by atoms with Gasteiger partial charge in [-0.2, -0.15) is 0 Å². The van der Waals surface area contributed by atoms with Crippen molar-refractivity contribution in [2.75, 3.05) is 33.3 Å². The smallest absolute Gasteiger partial charge is 0.276 e. The molecule has 2 heterocycles. The predicted octanol–water partition coefficient (Wildman–Crippen LogP) is 4.15. The zero-order valence-electron chi connectivity index (χ0n) is 19.8. The molecule has 33 heavy (non-hydrogen) atoms. The molecule has 1 fully saturated rings. The first-order chi connectivity index (χ1) is 15.9. The standard InChI is InChI=1S/C26H31N3O4/c1-18-12-19(2)14-23(13-18)32-17-24-20(3)33-27-25(24)26(30)29-10-8-28(9-11-29)16-21-6-5-7-22(15-21)31-4/h5-7,12-15H,8-11,16-17H2,1-4H3. The molecule has 7 heteroatoms. The van der Waals surface area contributed by atoms with Gasteiger partial charge in [-0.15, -0.1) is 0 Å². The Balaban J connectivity index is 1.37. The van der Waals surface area contributed by atoms with E-state index >= 15 is 0 Å². The molecule has 0 atom stereocenters. The molecule has 0 spiro atoms. The number of carbonyl (C=O) groups excluding carboxylic acids is 1. The zero-order valence-corrected chi connectivity index (χ0v) is 19.8. The molecular formula is C26H31N3O4. The maximum Gasteiger partial charge on any atom is 0.276 e. The van der Waals surface area contributed by atoms with Crippen LogP contribution < -0.4 is 9.47 Å².